The highest BCUT2D eigenvalue weighted by atomic mass is 35.5. The van der Waals surface area contributed by atoms with E-state index < -0.39 is 0 Å². The summed E-state index contributed by atoms with van der Waals surface area (Å²) >= 11 is 6.37. The molecule has 0 radical (unpaired) electrons. The van der Waals surface area contributed by atoms with E-state index >= 15 is 0 Å². The Morgan fingerprint density at radius 3 is 2.42 bits per heavy atom. The zero-order chi connectivity index (χ0) is 17.9. The summed E-state index contributed by atoms with van der Waals surface area (Å²) < 4.78 is 0. The van der Waals surface area contributed by atoms with Crippen molar-refractivity contribution >= 4 is 34.0 Å². The summed E-state index contributed by atoms with van der Waals surface area (Å²) in [6.07, 6.45) is 0.948. The van der Waals surface area contributed by atoms with Gasteiger partial charge in [0.2, 0.25) is 0 Å². The molecule has 0 fully saturated rings. The van der Waals surface area contributed by atoms with Gasteiger partial charge >= 0.3 is 0 Å². The summed E-state index contributed by atoms with van der Waals surface area (Å²) in [5.74, 6) is 1.40. The van der Waals surface area contributed by atoms with Gasteiger partial charge in [-0.15, -0.1) is 0 Å². The van der Waals surface area contributed by atoms with Crippen LogP contribution in [0.3, 0.4) is 0 Å². The van der Waals surface area contributed by atoms with Gasteiger partial charge in [-0.2, -0.15) is 0 Å². The third-order valence-electron chi connectivity index (χ3n) is 4.37. The number of hydrogen-bond donors (Lipinski definition) is 1. The second-order valence-corrected chi connectivity index (χ2v) is 6.44. The smallest absolute Gasteiger partial charge is 0.163 e. The lowest BCUT2D eigenvalue weighted by molar-refractivity contribution is 1.14. The summed E-state index contributed by atoms with van der Waals surface area (Å²) in [6, 6.07) is 23.9. The molecule has 1 heterocycles. The van der Waals surface area contributed by atoms with Gasteiger partial charge in [0.15, 0.2) is 5.82 Å². The molecule has 4 rings (SSSR count). The number of aromatic nitrogens is 2. The van der Waals surface area contributed by atoms with E-state index in [0.29, 0.717) is 10.8 Å². The van der Waals surface area contributed by atoms with E-state index in [2.05, 4.69) is 30.4 Å². The predicted octanol–water partition coefficient (Wildman–Crippen LogP) is 6.26. The molecule has 0 spiro atoms. The monoisotopic (exact) mass is 359 g/mol. The molecule has 0 unspecified atom stereocenters. The fraction of sp³-hybridized carbons (Fsp3) is 0.0909. The average Bonchev–Trinajstić information content (AvgIpc) is 2.68. The summed E-state index contributed by atoms with van der Waals surface area (Å²) in [4.78, 5) is 9.51. The van der Waals surface area contributed by atoms with Crippen LogP contribution in [0.4, 0.5) is 11.5 Å². The second kappa shape index (κ2) is 7.14. The van der Waals surface area contributed by atoms with Crippen LogP contribution in [0.2, 0.25) is 5.02 Å². The molecule has 3 nitrogen and oxygen atoms in total. The molecule has 128 valence electrons. The Morgan fingerprint density at radius 2 is 1.58 bits per heavy atom. The molecule has 0 amide bonds. The fourth-order valence-corrected chi connectivity index (χ4v) is 3.23. The van der Waals surface area contributed by atoms with Crippen LogP contribution in [-0.2, 0) is 6.42 Å². The summed E-state index contributed by atoms with van der Waals surface area (Å²) in [7, 11) is 0. The lowest BCUT2D eigenvalue weighted by Gasteiger charge is -2.14. The third kappa shape index (κ3) is 3.14. The molecule has 1 N–H and O–H groups in total. The van der Waals surface area contributed by atoms with E-state index in [1.807, 2.05) is 54.6 Å². The van der Waals surface area contributed by atoms with Gasteiger partial charge in [-0.05, 0) is 42.3 Å². The largest absolute Gasteiger partial charge is 0.339 e. The maximum Gasteiger partial charge on any atom is 0.163 e. The van der Waals surface area contributed by atoms with Gasteiger partial charge in [0, 0.05) is 16.6 Å². The van der Waals surface area contributed by atoms with Crippen LogP contribution < -0.4 is 5.32 Å². The lowest BCUT2D eigenvalue weighted by Crippen LogP contribution is -2.01. The predicted molar refractivity (Wildman–Crippen MR) is 109 cm³/mol. The Labute approximate surface area is 157 Å². The van der Waals surface area contributed by atoms with Crippen molar-refractivity contribution in [2.45, 2.75) is 13.3 Å². The Balaban J connectivity index is 1.89. The number of para-hydroxylation sites is 2. The van der Waals surface area contributed by atoms with Gasteiger partial charge < -0.3 is 5.32 Å². The van der Waals surface area contributed by atoms with E-state index in [-0.39, 0.29) is 0 Å². The van der Waals surface area contributed by atoms with Crippen LogP contribution in [0, 0.1) is 0 Å². The molecule has 4 heteroatoms. The van der Waals surface area contributed by atoms with Crippen molar-refractivity contribution in [2.75, 3.05) is 5.32 Å². The Morgan fingerprint density at radius 1 is 0.846 bits per heavy atom. The Kier molecular flexibility index (Phi) is 4.55. The minimum Gasteiger partial charge on any atom is -0.339 e. The zero-order valence-corrected chi connectivity index (χ0v) is 15.2. The van der Waals surface area contributed by atoms with E-state index in [0.717, 1.165) is 34.4 Å². The van der Waals surface area contributed by atoms with E-state index in [1.54, 1.807) is 0 Å². The third-order valence-corrected chi connectivity index (χ3v) is 4.70. The molecule has 0 bridgehead atoms. The normalized spacial score (nSPS) is 10.8. The van der Waals surface area contributed by atoms with Crippen LogP contribution in [0.1, 0.15) is 12.5 Å². The Hall–Kier alpha value is -2.91. The van der Waals surface area contributed by atoms with Gasteiger partial charge in [0.05, 0.1) is 10.5 Å². The highest BCUT2D eigenvalue weighted by Gasteiger charge is 2.12. The number of halogens is 1. The number of anilines is 2. The molecule has 0 saturated heterocycles. The highest BCUT2D eigenvalue weighted by Crippen LogP contribution is 2.31. The van der Waals surface area contributed by atoms with E-state index in [4.69, 9.17) is 21.6 Å². The fourth-order valence-electron chi connectivity index (χ4n) is 3.01. The number of hydrogen-bond acceptors (Lipinski definition) is 3. The summed E-state index contributed by atoms with van der Waals surface area (Å²) in [6.45, 7) is 2.15. The first-order valence-corrected chi connectivity index (χ1v) is 9.00. The van der Waals surface area contributed by atoms with Crippen molar-refractivity contribution in [1.82, 2.24) is 9.97 Å². The average molecular weight is 360 g/mol. The van der Waals surface area contributed by atoms with Crippen molar-refractivity contribution in [3.05, 3.63) is 83.4 Å². The van der Waals surface area contributed by atoms with Crippen molar-refractivity contribution in [3.8, 4) is 11.4 Å². The van der Waals surface area contributed by atoms with E-state index in [9.17, 15) is 0 Å². The first-order valence-electron chi connectivity index (χ1n) is 8.63. The molecule has 4 aromatic rings. The molecular weight excluding hydrogens is 342 g/mol. The summed E-state index contributed by atoms with van der Waals surface area (Å²) in [5.41, 5.74) is 4.01. The molecular formula is C22H18ClN3. The quantitative estimate of drug-likeness (QED) is 0.467. The zero-order valence-electron chi connectivity index (χ0n) is 14.4. The topological polar surface area (TPSA) is 37.8 Å². The first-order chi connectivity index (χ1) is 12.8. The lowest BCUT2D eigenvalue weighted by atomic mass is 10.1. The first kappa shape index (κ1) is 16.6. The van der Waals surface area contributed by atoms with Crippen molar-refractivity contribution in [3.63, 3.8) is 0 Å². The van der Waals surface area contributed by atoms with E-state index in [1.165, 1.54) is 5.56 Å². The summed E-state index contributed by atoms with van der Waals surface area (Å²) in [5, 5.41) is 5.12. The van der Waals surface area contributed by atoms with Crippen LogP contribution >= 0.6 is 11.6 Å². The van der Waals surface area contributed by atoms with Crippen LogP contribution in [0.15, 0.2) is 72.8 Å². The van der Waals surface area contributed by atoms with Crippen LogP contribution in [0.25, 0.3) is 22.3 Å². The Bertz CT molecular complexity index is 1080. The SMILES string of the molecule is CCc1ccccc1Nc1nc(-c2ccccc2Cl)nc2ccccc12. The number of fused-ring (bicyclic) bond motifs is 1. The highest BCUT2D eigenvalue weighted by molar-refractivity contribution is 6.33. The number of aryl methyl sites for hydroxylation is 1. The number of rotatable bonds is 4. The number of benzene rings is 3. The molecule has 0 saturated carbocycles. The maximum atomic E-state index is 6.37. The maximum absolute atomic E-state index is 6.37. The van der Waals surface area contributed by atoms with Crippen molar-refractivity contribution in [1.29, 1.82) is 0 Å². The number of nitrogens with one attached hydrogen (secondary N) is 1. The van der Waals surface area contributed by atoms with Crippen LogP contribution in [-0.4, -0.2) is 9.97 Å². The van der Waals surface area contributed by atoms with Gasteiger partial charge in [-0.1, -0.05) is 61.0 Å². The van der Waals surface area contributed by atoms with Gasteiger partial charge in [-0.25, -0.2) is 9.97 Å². The van der Waals surface area contributed by atoms with Crippen molar-refractivity contribution < 1.29 is 0 Å². The molecule has 0 aliphatic rings. The van der Waals surface area contributed by atoms with Gasteiger partial charge in [0.25, 0.3) is 0 Å². The standard InChI is InChI=1S/C22H18ClN3/c1-2-15-9-3-7-13-19(15)24-22-17-11-5-8-14-20(17)25-21(26-22)16-10-4-6-12-18(16)23/h3-14H,2H2,1H3,(H,24,25,26). The second-order valence-electron chi connectivity index (χ2n) is 6.03. The minimum atomic E-state index is 0.616. The molecule has 1 aromatic heterocycles. The molecule has 0 aliphatic heterocycles. The van der Waals surface area contributed by atoms with Crippen molar-refractivity contribution in [2.24, 2.45) is 0 Å². The molecule has 26 heavy (non-hydrogen) atoms. The molecule has 3 aromatic carbocycles. The molecule has 0 aliphatic carbocycles. The minimum absolute atomic E-state index is 0.616. The van der Waals surface area contributed by atoms with Crippen LogP contribution in [0.5, 0.6) is 0 Å². The molecule has 0 atom stereocenters. The number of nitrogens with zero attached hydrogens (tertiary/aromatic N) is 2. The van der Waals surface area contributed by atoms with Gasteiger partial charge in [-0.3, -0.25) is 0 Å². The van der Waals surface area contributed by atoms with Gasteiger partial charge in [0.1, 0.15) is 5.82 Å².